The van der Waals surface area contributed by atoms with E-state index in [1.165, 1.54) is 17.7 Å². The highest BCUT2D eigenvalue weighted by molar-refractivity contribution is 6.33. The minimum absolute atomic E-state index is 0.0106. The first-order valence-electron chi connectivity index (χ1n) is 6.24. The summed E-state index contributed by atoms with van der Waals surface area (Å²) in [5, 5.41) is 14.3. The maximum Gasteiger partial charge on any atom is 0.271 e. The SMILES string of the molecule is Cc1ccc(C(C)Nc2ccc([N+](=O)[O-])cc2Cl)cc1. The Morgan fingerprint density at radius 1 is 1.20 bits per heavy atom. The number of aryl methyl sites for hydroxylation is 1. The van der Waals surface area contributed by atoms with E-state index in [0.717, 1.165) is 5.56 Å². The van der Waals surface area contributed by atoms with E-state index in [1.807, 2.05) is 38.1 Å². The van der Waals surface area contributed by atoms with Crippen LogP contribution in [0.5, 0.6) is 0 Å². The van der Waals surface area contributed by atoms with Gasteiger partial charge >= 0.3 is 0 Å². The molecule has 0 bridgehead atoms. The molecule has 1 N–H and O–H groups in total. The summed E-state index contributed by atoms with van der Waals surface area (Å²) in [6, 6.07) is 12.7. The number of nitrogens with one attached hydrogen (secondary N) is 1. The molecule has 0 heterocycles. The Kier molecular flexibility index (Phi) is 4.25. The summed E-state index contributed by atoms with van der Waals surface area (Å²) < 4.78 is 0. The van der Waals surface area contributed by atoms with Crippen LogP contribution in [-0.4, -0.2) is 4.92 Å². The molecule has 1 atom stereocenters. The highest BCUT2D eigenvalue weighted by Crippen LogP contribution is 2.29. The summed E-state index contributed by atoms with van der Waals surface area (Å²) in [6.07, 6.45) is 0. The molecule has 0 aliphatic carbocycles. The molecule has 1 unspecified atom stereocenters. The number of nitro groups is 1. The normalized spacial score (nSPS) is 11.9. The summed E-state index contributed by atoms with van der Waals surface area (Å²) in [5.74, 6) is 0. The van der Waals surface area contributed by atoms with Gasteiger partial charge in [-0.2, -0.15) is 0 Å². The third-order valence-electron chi connectivity index (χ3n) is 3.11. The Labute approximate surface area is 122 Å². The fourth-order valence-corrected chi connectivity index (χ4v) is 2.14. The van der Waals surface area contributed by atoms with Crippen LogP contribution < -0.4 is 5.32 Å². The van der Waals surface area contributed by atoms with Gasteiger partial charge in [0.25, 0.3) is 5.69 Å². The molecule has 0 amide bonds. The first-order valence-corrected chi connectivity index (χ1v) is 6.62. The van der Waals surface area contributed by atoms with Crippen molar-refractivity contribution in [1.29, 1.82) is 0 Å². The number of non-ortho nitro benzene ring substituents is 1. The standard InChI is InChI=1S/C15H15ClN2O2/c1-10-3-5-12(6-4-10)11(2)17-15-8-7-13(18(19)20)9-14(15)16/h3-9,11,17H,1-2H3. The minimum Gasteiger partial charge on any atom is -0.377 e. The largest absolute Gasteiger partial charge is 0.377 e. The lowest BCUT2D eigenvalue weighted by atomic mass is 10.1. The second kappa shape index (κ2) is 5.92. The van der Waals surface area contributed by atoms with Crippen LogP contribution >= 0.6 is 11.6 Å². The molecule has 5 heteroatoms. The van der Waals surface area contributed by atoms with E-state index < -0.39 is 4.92 Å². The molecule has 2 rings (SSSR count). The molecule has 0 spiro atoms. The van der Waals surface area contributed by atoms with Crippen LogP contribution in [0.1, 0.15) is 24.1 Å². The van der Waals surface area contributed by atoms with Gasteiger partial charge in [-0.25, -0.2) is 0 Å². The molecule has 0 radical (unpaired) electrons. The zero-order valence-electron chi connectivity index (χ0n) is 11.3. The molecule has 2 aromatic rings. The zero-order chi connectivity index (χ0) is 14.7. The van der Waals surface area contributed by atoms with Crippen molar-refractivity contribution < 1.29 is 4.92 Å². The molecule has 2 aromatic carbocycles. The van der Waals surface area contributed by atoms with Gasteiger partial charge in [0.1, 0.15) is 0 Å². The molecule has 0 saturated carbocycles. The minimum atomic E-state index is -0.459. The number of nitrogens with zero attached hydrogens (tertiary/aromatic N) is 1. The lowest BCUT2D eigenvalue weighted by Crippen LogP contribution is -2.07. The fraction of sp³-hybridized carbons (Fsp3) is 0.200. The highest BCUT2D eigenvalue weighted by Gasteiger charge is 2.12. The molecule has 0 fully saturated rings. The van der Waals surface area contributed by atoms with Gasteiger partial charge in [-0.3, -0.25) is 10.1 Å². The molecule has 0 aliphatic heterocycles. The summed E-state index contributed by atoms with van der Waals surface area (Å²) in [4.78, 5) is 10.2. The number of anilines is 1. The molecular formula is C15H15ClN2O2. The molecule has 0 saturated heterocycles. The van der Waals surface area contributed by atoms with Crippen LogP contribution in [-0.2, 0) is 0 Å². The fourth-order valence-electron chi connectivity index (χ4n) is 1.91. The lowest BCUT2D eigenvalue weighted by Gasteiger charge is -2.16. The first-order chi connectivity index (χ1) is 9.47. The van der Waals surface area contributed by atoms with Gasteiger partial charge in [0.2, 0.25) is 0 Å². The third-order valence-corrected chi connectivity index (χ3v) is 3.43. The maximum atomic E-state index is 10.7. The van der Waals surface area contributed by atoms with Crippen molar-refractivity contribution in [1.82, 2.24) is 0 Å². The summed E-state index contributed by atoms with van der Waals surface area (Å²) >= 11 is 6.06. The molecule has 4 nitrogen and oxygen atoms in total. The maximum absolute atomic E-state index is 10.7. The highest BCUT2D eigenvalue weighted by atomic mass is 35.5. The van der Waals surface area contributed by atoms with Crippen molar-refractivity contribution in [2.45, 2.75) is 19.9 Å². The van der Waals surface area contributed by atoms with E-state index >= 15 is 0 Å². The second-order valence-corrected chi connectivity index (χ2v) is 5.11. The van der Waals surface area contributed by atoms with Gasteiger partial charge in [-0.1, -0.05) is 41.4 Å². The van der Waals surface area contributed by atoms with E-state index in [-0.39, 0.29) is 11.7 Å². The Morgan fingerprint density at radius 2 is 1.85 bits per heavy atom. The average Bonchev–Trinajstić information content (AvgIpc) is 2.41. The van der Waals surface area contributed by atoms with Gasteiger partial charge in [0.15, 0.2) is 0 Å². The number of nitro benzene ring substituents is 1. The predicted molar refractivity (Wildman–Crippen MR) is 81.3 cm³/mol. The predicted octanol–water partition coefficient (Wildman–Crippen LogP) is 4.73. The van der Waals surface area contributed by atoms with Crippen molar-refractivity contribution in [3.8, 4) is 0 Å². The number of halogens is 1. The van der Waals surface area contributed by atoms with Crippen LogP contribution in [0.4, 0.5) is 11.4 Å². The van der Waals surface area contributed by atoms with E-state index in [4.69, 9.17) is 11.6 Å². The number of hydrogen-bond acceptors (Lipinski definition) is 3. The molecule has 0 aromatic heterocycles. The van der Waals surface area contributed by atoms with Crippen molar-refractivity contribution in [3.63, 3.8) is 0 Å². The Bertz CT molecular complexity index is 626. The Morgan fingerprint density at radius 3 is 2.40 bits per heavy atom. The third kappa shape index (κ3) is 3.27. The lowest BCUT2D eigenvalue weighted by molar-refractivity contribution is -0.384. The van der Waals surface area contributed by atoms with Crippen LogP contribution in [0, 0.1) is 17.0 Å². The number of benzene rings is 2. The van der Waals surface area contributed by atoms with E-state index in [9.17, 15) is 10.1 Å². The van der Waals surface area contributed by atoms with Crippen molar-refractivity contribution >= 4 is 23.0 Å². The first kappa shape index (κ1) is 14.3. The summed E-state index contributed by atoms with van der Waals surface area (Å²) in [6.45, 7) is 4.05. The number of hydrogen-bond donors (Lipinski definition) is 1. The van der Waals surface area contributed by atoms with Crippen molar-refractivity contribution in [3.05, 3.63) is 68.7 Å². The molecule has 20 heavy (non-hydrogen) atoms. The monoisotopic (exact) mass is 290 g/mol. The van der Waals surface area contributed by atoms with Gasteiger partial charge in [-0.05, 0) is 25.5 Å². The van der Waals surface area contributed by atoms with Crippen molar-refractivity contribution in [2.75, 3.05) is 5.32 Å². The van der Waals surface area contributed by atoms with E-state index in [1.54, 1.807) is 6.07 Å². The smallest absolute Gasteiger partial charge is 0.271 e. The van der Waals surface area contributed by atoms with Gasteiger partial charge in [0.05, 0.1) is 15.6 Å². The quantitative estimate of drug-likeness (QED) is 0.654. The van der Waals surface area contributed by atoms with E-state index in [2.05, 4.69) is 5.32 Å². The zero-order valence-corrected chi connectivity index (χ0v) is 12.0. The van der Waals surface area contributed by atoms with Gasteiger partial charge in [0, 0.05) is 18.2 Å². The van der Waals surface area contributed by atoms with Gasteiger partial charge < -0.3 is 5.32 Å². The van der Waals surface area contributed by atoms with Gasteiger partial charge in [-0.15, -0.1) is 0 Å². The van der Waals surface area contributed by atoms with Crippen molar-refractivity contribution in [2.24, 2.45) is 0 Å². The molecule has 0 aliphatic rings. The Balaban J connectivity index is 2.17. The van der Waals surface area contributed by atoms with Crippen LogP contribution in [0.25, 0.3) is 0 Å². The average molecular weight is 291 g/mol. The van der Waals surface area contributed by atoms with Crippen LogP contribution in [0.3, 0.4) is 0 Å². The molecular weight excluding hydrogens is 276 g/mol. The van der Waals surface area contributed by atoms with Crippen LogP contribution in [0.15, 0.2) is 42.5 Å². The topological polar surface area (TPSA) is 55.2 Å². The molecule has 104 valence electrons. The van der Waals surface area contributed by atoms with E-state index in [0.29, 0.717) is 10.7 Å². The number of rotatable bonds is 4. The van der Waals surface area contributed by atoms with Crippen LogP contribution in [0.2, 0.25) is 5.02 Å². The Hall–Kier alpha value is -2.07. The summed E-state index contributed by atoms with van der Waals surface area (Å²) in [7, 11) is 0. The summed E-state index contributed by atoms with van der Waals surface area (Å²) in [5.41, 5.74) is 3.01. The second-order valence-electron chi connectivity index (χ2n) is 4.70.